The third-order valence-corrected chi connectivity index (χ3v) is 8.96. The summed E-state index contributed by atoms with van der Waals surface area (Å²) in [6.07, 6.45) is 40.0. The molecule has 1 unspecified atom stereocenters. The van der Waals surface area contributed by atoms with E-state index in [9.17, 15) is 19.0 Å². The van der Waals surface area contributed by atoms with Crippen molar-refractivity contribution in [2.75, 3.05) is 26.4 Å². The van der Waals surface area contributed by atoms with Crippen molar-refractivity contribution in [2.24, 2.45) is 5.73 Å². The van der Waals surface area contributed by atoms with Gasteiger partial charge in [-0.15, -0.1) is 0 Å². The van der Waals surface area contributed by atoms with E-state index < -0.39 is 32.5 Å². The number of carbonyl (C=O) groups is 2. The first kappa shape index (κ1) is 48.0. The molecule has 0 rings (SSSR count). The molecule has 0 saturated heterocycles. The minimum Gasteiger partial charge on any atom is -0.462 e. The van der Waals surface area contributed by atoms with Gasteiger partial charge in [-0.3, -0.25) is 18.6 Å². The summed E-state index contributed by atoms with van der Waals surface area (Å²) < 4.78 is 32.6. The van der Waals surface area contributed by atoms with Crippen LogP contribution in [-0.4, -0.2) is 49.3 Å². The van der Waals surface area contributed by atoms with Gasteiger partial charge in [-0.1, -0.05) is 146 Å². The SMILES string of the molecule is CC/C=C/C/C=C/C/C=C/C/C=C/CCCCC(=O)O[C@H](COC(=O)CCCCCCCCCCCCCCCC)COP(=O)(O)OCCN. The lowest BCUT2D eigenvalue weighted by molar-refractivity contribution is -0.161. The van der Waals surface area contributed by atoms with Gasteiger partial charge in [0, 0.05) is 19.4 Å². The van der Waals surface area contributed by atoms with E-state index in [1.165, 1.54) is 70.6 Å². The highest BCUT2D eigenvalue weighted by atomic mass is 31.2. The highest BCUT2D eigenvalue weighted by Gasteiger charge is 2.25. The first-order valence-electron chi connectivity index (χ1n) is 19.6. The van der Waals surface area contributed by atoms with Crippen LogP contribution in [0.4, 0.5) is 0 Å². The fourth-order valence-corrected chi connectivity index (χ4v) is 5.86. The first-order chi connectivity index (χ1) is 24.3. The number of carbonyl (C=O) groups excluding carboxylic acids is 2. The standard InChI is InChI=1S/C40H72NO8P/c1-3-5-7-9-11-13-15-17-19-21-23-25-27-29-31-33-40(43)49-38(37-48-50(44,45)47-35-34-41)36-46-39(42)32-30-28-26-24-22-20-18-16-14-12-10-8-6-4-2/h5,7,11,13,17,19,23,25,38H,3-4,6,8-10,12,14-16,18,20-22,24,26-37,41H2,1-2H3,(H,44,45)/b7-5+,13-11+,19-17+,25-23+/t38-/m1/s1. The normalized spacial score (nSPS) is 13.9. The van der Waals surface area contributed by atoms with Gasteiger partial charge in [0.15, 0.2) is 6.10 Å². The Kier molecular flexibility index (Phi) is 35.3. The average molecular weight is 726 g/mol. The molecule has 0 spiro atoms. The van der Waals surface area contributed by atoms with Gasteiger partial charge in [0.05, 0.1) is 13.2 Å². The van der Waals surface area contributed by atoms with Crippen molar-refractivity contribution in [2.45, 2.75) is 168 Å². The number of hydrogen-bond donors (Lipinski definition) is 2. The summed E-state index contributed by atoms with van der Waals surface area (Å²) in [6, 6.07) is 0. The number of unbranched alkanes of at least 4 members (excludes halogenated alkanes) is 15. The summed E-state index contributed by atoms with van der Waals surface area (Å²) in [5.74, 6) is -0.878. The zero-order chi connectivity index (χ0) is 36.8. The van der Waals surface area contributed by atoms with Gasteiger partial charge < -0.3 is 20.1 Å². The van der Waals surface area contributed by atoms with Crippen LogP contribution in [0, 0.1) is 0 Å². The highest BCUT2D eigenvalue weighted by molar-refractivity contribution is 7.47. The van der Waals surface area contributed by atoms with Crippen LogP contribution in [0.1, 0.15) is 162 Å². The van der Waals surface area contributed by atoms with Crippen LogP contribution in [0.5, 0.6) is 0 Å². The minimum atomic E-state index is -4.38. The zero-order valence-corrected chi connectivity index (χ0v) is 32.5. The molecule has 0 aliphatic carbocycles. The minimum absolute atomic E-state index is 0.0457. The predicted octanol–water partition coefficient (Wildman–Crippen LogP) is 10.8. The molecule has 0 heterocycles. The first-order valence-corrected chi connectivity index (χ1v) is 21.1. The van der Waals surface area contributed by atoms with Crippen LogP contribution in [0.2, 0.25) is 0 Å². The van der Waals surface area contributed by atoms with Gasteiger partial charge in [0.1, 0.15) is 6.61 Å². The van der Waals surface area contributed by atoms with Gasteiger partial charge >= 0.3 is 19.8 Å². The molecule has 0 aliphatic rings. The molecule has 0 amide bonds. The van der Waals surface area contributed by atoms with Gasteiger partial charge in [0.2, 0.25) is 0 Å². The summed E-state index contributed by atoms with van der Waals surface area (Å²) in [5, 5.41) is 0. The molecular weight excluding hydrogens is 653 g/mol. The predicted molar refractivity (Wildman–Crippen MR) is 206 cm³/mol. The molecular formula is C40H72NO8P. The molecule has 0 aromatic heterocycles. The quantitative estimate of drug-likeness (QED) is 0.0280. The Bertz CT molecular complexity index is 965. The summed E-state index contributed by atoms with van der Waals surface area (Å²) in [6.45, 7) is 3.56. The molecule has 0 saturated carbocycles. The number of phosphoric acid groups is 1. The Labute approximate surface area is 305 Å². The summed E-state index contributed by atoms with van der Waals surface area (Å²) in [5.41, 5.74) is 5.33. The van der Waals surface area contributed by atoms with Crippen molar-refractivity contribution >= 4 is 19.8 Å². The van der Waals surface area contributed by atoms with Crippen LogP contribution in [0.3, 0.4) is 0 Å². The third kappa shape index (κ3) is 35.8. The van der Waals surface area contributed by atoms with Crippen LogP contribution in [-0.2, 0) is 32.7 Å². The lowest BCUT2D eigenvalue weighted by Gasteiger charge is -2.19. The Morgan fingerprint density at radius 2 is 1.10 bits per heavy atom. The molecule has 10 heteroatoms. The van der Waals surface area contributed by atoms with E-state index >= 15 is 0 Å². The maximum absolute atomic E-state index is 12.5. The van der Waals surface area contributed by atoms with Crippen molar-refractivity contribution in [3.8, 4) is 0 Å². The summed E-state index contributed by atoms with van der Waals surface area (Å²) in [7, 11) is -4.38. The average Bonchev–Trinajstić information content (AvgIpc) is 3.10. The number of rotatable bonds is 36. The number of phosphoric ester groups is 1. The van der Waals surface area contributed by atoms with Crippen molar-refractivity contribution in [3.05, 3.63) is 48.6 Å². The van der Waals surface area contributed by atoms with E-state index in [0.717, 1.165) is 57.8 Å². The van der Waals surface area contributed by atoms with E-state index in [0.29, 0.717) is 6.42 Å². The molecule has 0 bridgehead atoms. The molecule has 0 radical (unpaired) electrons. The van der Waals surface area contributed by atoms with Gasteiger partial charge in [-0.2, -0.15) is 0 Å². The lowest BCUT2D eigenvalue weighted by Crippen LogP contribution is -2.29. The van der Waals surface area contributed by atoms with Crippen LogP contribution in [0.15, 0.2) is 48.6 Å². The molecule has 9 nitrogen and oxygen atoms in total. The molecule has 0 aromatic rings. The van der Waals surface area contributed by atoms with E-state index in [4.69, 9.17) is 24.3 Å². The molecule has 0 fully saturated rings. The number of allylic oxidation sites excluding steroid dienone is 8. The van der Waals surface area contributed by atoms with Crippen LogP contribution < -0.4 is 5.73 Å². The summed E-state index contributed by atoms with van der Waals surface area (Å²) in [4.78, 5) is 34.7. The van der Waals surface area contributed by atoms with E-state index in [1.807, 2.05) is 0 Å². The Hall–Kier alpha value is -2.03. The lowest BCUT2D eigenvalue weighted by atomic mass is 10.0. The highest BCUT2D eigenvalue weighted by Crippen LogP contribution is 2.43. The van der Waals surface area contributed by atoms with Gasteiger partial charge in [0.25, 0.3) is 0 Å². The fraction of sp³-hybridized carbons (Fsp3) is 0.750. The number of esters is 2. The van der Waals surface area contributed by atoms with E-state index in [1.54, 1.807) is 0 Å². The number of ether oxygens (including phenoxy) is 2. The zero-order valence-electron chi connectivity index (χ0n) is 31.6. The molecule has 0 aliphatic heterocycles. The maximum atomic E-state index is 12.5. The molecule has 2 atom stereocenters. The van der Waals surface area contributed by atoms with Crippen molar-refractivity contribution in [1.29, 1.82) is 0 Å². The van der Waals surface area contributed by atoms with Gasteiger partial charge in [-0.25, -0.2) is 4.57 Å². The molecule has 290 valence electrons. The molecule has 3 N–H and O–H groups in total. The number of nitrogens with two attached hydrogens (primary N) is 1. The second-order valence-electron chi connectivity index (χ2n) is 12.8. The van der Waals surface area contributed by atoms with Crippen molar-refractivity contribution < 1.29 is 37.6 Å². The second-order valence-corrected chi connectivity index (χ2v) is 14.2. The molecule has 0 aromatic carbocycles. The topological polar surface area (TPSA) is 134 Å². The maximum Gasteiger partial charge on any atom is 0.472 e. The van der Waals surface area contributed by atoms with Crippen molar-refractivity contribution in [3.63, 3.8) is 0 Å². The fourth-order valence-electron chi connectivity index (χ4n) is 5.09. The monoisotopic (exact) mass is 725 g/mol. The Morgan fingerprint density at radius 1 is 0.620 bits per heavy atom. The number of hydrogen-bond acceptors (Lipinski definition) is 8. The van der Waals surface area contributed by atoms with E-state index in [2.05, 4.69) is 62.5 Å². The smallest absolute Gasteiger partial charge is 0.462 e. The summed E-state index contributed by atoms with van der Waals surface area (Å²) >= 11 is 0. The molecule has 50 heavy (non-hydrogen) atoms. The van der Waals surface area contributed by atoms with Crippen LogP contribution >= 0.6 is 7.82 Å². The van der Waals surface area contributed by atoms with E-state index in [-0.39, 0.29) is 32.6 Å². The second kappa shape index (κ2) is 36.8. The van der Waals surface area contributed by atoms with Crippen molar-refractivity contribution in [1.82, 2.24) is 0 Å². The Morgan fingerprint density at radius 3 is 1.64 bits per heavy atom. The third-order valence-electron chi connectivity index (χ3n) is 7.98. The largest absolute Gasteiger partial charge is 0.472 e. The van der Waals surface area contributed by atoms with Crippen LogP contribution in [0.25, 0.3) is 0 Å². The van der Waals surface area contributed by atoms with Gasteiger partial charge in [-0.05, 0) is 51.4 Å². The Balaban J connectivity index is 4.28.